The van der Waals surface area contributed by atoms with E-state index in [1.807, 2.05) is 58.9 Å². The van der Waals surface area contributed by atoms with Gasteiger partial charge in [0.25, 0.3) is 10.0 Å². The molecule has 0 aliphatic rings. The summed E-state index contributed by atoms with van der Waals surface area (Å²) in [5.41, 5.74) is 3.09. The first-order valence-electron chi connectivity index (χ1n) is 14.4. The Kier molecular flexibility index (Phi) is 11.6. The zero-order valence-corrected chi connectivity index (χ0v) is 26.9. The summed E-state index contributed by atoms with van der Waals surface area (Å²) in [5.74, 6) is -0.155. The fourth-order valence-corrected chi connectivity index (χ4v) is 6.11. The number of rotatable bonds is 14. The van der Waals surface area contributed by atoms with Gasteiger partial charge in [0.05, 0.1) is 24.8 Å². The summed E-state index contributed by atoms with van der Waals surface area (Å²) in [4.78, 5) is 29.1. The molecule has 0 aliphatic carbocycles. The smallest absolute Gasteiger partial charge is 0.264 e. The lowest BCUT2D eigenvalue weighted by Gasteiger charge is -2.34. The Bertz CT molecular complexity index is 1510. The molecule has 0 bridgehead atoms. The van der Waals surface area contributed by atoms with Crippen LogP contribution in [0.3, 0.4) is 0 Å². The molecular formula is C33H43N3O6S. The van der Waals surface area contributed by atoms with Crippen molar-refractivity contribution in [2.45, 2.75) is 71.0 Å². The summed E-state index contributed by atoms with van der Waals surface area (Å²) >= 11 is 0. The Balaban J connectivity index is 2.10. The van der Waals surface area contributed by atoms with Crippen LogP contribution in [0.4, 0.5) is 5.69 Å². The number of nitrogens with zero attached hydrogens (tertiary/aromatic N) is 2. The SMILES string of the molecule is CC[C@H](C)NC(=O)[C@H](CC)N(Cc1ccccc1C)C(=O)CN(c1ccc(C)cc1)S(=O)(=O)c1ccc(OC)c(OC)c1. The molecule has 0 saturated carbocycles. The number of nitrogens with one attached hydrogen (secondary N) is 1. The molecule has 0 aromatic heterocycles. The second kappa shape index (κ2) is 14.9. The van der Waals surface area contributed by atoms with Crippen LogP contribution in [-0.4, -0.2) is 58.0 Å². The molecule has 3 aromatic carbocycles. The lowest BCUT2D eigenvalue weighted by Crippen LogP contribution is -2.53. The van der Waals surface area contributed by atoms with E-state index in [1.165, 1.54) is 37.3 Å². The Morgan fingerprint density at radius 1 is 0.884 bits per heavy atom. The van der Waals surface area contributed by atoms with Crippen LogP contribution < -0.4 is 19.1 Å². The van der Waals surface area contributed by atoms with Crippen LogP contribution in [0.2, 0.25) is 0 Å². The van der Waals surface area contributed by atoms with E-state index in [-0.39, 0.29) is 29.1 Å². The summed E-state index contributed by atoms with van der Waals surface area (Å²) in [5, 5.41) is 3.00. The average molecular weight is 610 g/mol. The molecule has 0 aliphatic heterocycles. The Labute approximate surface area is 255 Å². The maximum atomic E-state index is 14.3. The number of benzene rings is 3. The predicted octanol–water partition coefficient (Wildman–Crippen LogP) is 5.24. The summed E-state index contributed by atoms with van der Waals surface area (Å²) < 4.78 is 40.1. The Hall–Kier alpha value is -4.05. The molecule has 10 heteroatoms. The van der Waals surface area contributed by atoms with Crippen molar-refractivity contribution in [1.29, 1.82) is 0 Å². The van der Waals surface area contributed by atoms with Gasteiger partial charge in [-0.3, -0.25) is 13.9 Å². The van der Waals surface area contributed by atoms with Gasteiger partial charge in [-0.25, -0.2) is 8.42 Å². The molecule has 0 saturated heterocycles. The van der Waals surface area contributed by atoms with Gasteiger partial charge < -0.3 is 19.7 Å². The van der Waals surface area contributed by atoms with Crippen LogP contribution >= 0.6 is 0 Å². The number of sulfonamides is 1. The van der Waals surface area contributed by atoms with Gasteiger partial charge in [0, 0.05) is 18.7 Å². The third-order valence-corrected chi connectivity index (χ3v) is 9.30. The number of ether oxygens (including phenoxy) is 2. The number of hydrogen-bond acceptors (Lipinski definition) is 6. The minimum Gasteiger partial charge on any atom is -0.493 e. The number of aryl methyl sites for hydroxylation is 2. The third kappa shape index (κ3) is 8.07. The summed E-state index contributed by atoms with van der Waals surface area (Å²) in [7, 11) is -1.37. The van der Waals surface area contributed by atoms with Gasteiger partial charge in [0.15, 0.2) is 11.5 Å². The molecule has 2 atom stereocenters. The first kappa shape index (κ1) is 33.5. The van der Waals surface area contributed by atoms with Crippen molar-refractivity contribution < 1.29 is 27.5 Å². The molecule has 0 heterocycles. The van der Waals surface area contributed by atoms with Crippen LogP contribution in [0, 0.1) is 13.8 Å². The fraction of sp³-hybridized carbons (Fsp3) is 0.394. The van der Waals surface area contributed by atoms with E-state index < -0.39 is 28.5 Å². The van der Waals surface area contributed by atoms with Gasteiger partial charge in [0.2, 0.25) is 11.8 Å². The number of amides is 2. The first-order valence-corrected chi connectivity index (χ1v) is 15.9. The zero-order chi connectivity index (χ0) is 31.7. The van der Waals surface area contributed by atoms with Gasteiger partial charge in [-0.05, 0) is 69.0 Å². The minimum atomic E-state index is -4.26. The normalized spacial score (nSPS) is 12.6. The number of anilines is 1. The summed E-state index contributed by atoms with van der Waals surface area (Å²) in [6.45, 7) is 9.20. The number of carbonyl (C=O) groups is 2. The lowest BCUT2D eigenvalue weighted by atomic mass is 10.1. The molecule has 0 spiro atoms. The molecule has 3 aromatic rings. The van der Waals surface area contributed by atoms with E-state index in [2.05, 4.69) is 5.32 Å². The van der Waals surface area contributed by atoms with Crippen molar-refractivity contribution in [2.75, 3.05) is 25.1 Å². The van der Waals surface area contributed by atoms with Crippen LogP contribution in [0.15, 0.2) is 71.6 Å². The highest BCUT2D eigenvalue weighted by molar-refractivity contribution is 7.92. The largest absolute Gasteiger partial charge is 0.493 e. The topological polar surface area (TPSA) is 105 Å². The van der Waals surface area contributed by atoms with Crippen molar-refractivity contribution in [1.82, 2.24) is 10.2 Å². The van der Waals surface area contributed by atoms with Crippen LogP contribution in [0.5, 0.6) is 11.5 Å². The highest BCUT2D eigenvalue weighted by Crippen LogP contribution is 2.32. The minimum absolute atomic E-state index is 0.0643. The van der Waals surface area contributed by atoms with Crippen molar-refractivity contribution in [3.8, 4) is 11.5 Å². The molecule has 0 unspecified atom stereocenters. The summed E-state index contributed by atoms with van der Waals surface area (Å²) in [6, 6.07) is 18.0. The lowest BCUT2D eigenvalue weighted by molar-refractivity contribution is -0.140. The average Bonchev–Trinajstić information content (AvgIpc) is 3.00. The van der Waals surface area contributed by atoms with E-state index in [4.69, 9.17) is 9.47 Å². The van der Waals surface area contributed by atoms with Crippen LogP contribution in [-0.2, 0) is 26.2 Å². The molecule has 43 heavy (non-hydrogen) atoms. The molecule has 3 rings (SSSR count). The first-order chi connectivity index (χ1) is 20.5. The quantitative estimate of drug-likeness (QED) is 0.268. The van der Waals surface area contributed by atoms with Gasteiger partial charge >= 0.3 is 0 Å². The van der Waals surface area contributed by atoms with E-state index in [0.29, 0.717) is 17.9 Å². The maximum absolute atomic E-state index is 14.3. The van der Waals surface area contributed by atoms with Crippen molar-refractivity contribution in [3.05, 3.63) is 83.4 Å². The van der Waals surface area contributed by atoms with Crippen molar-refractivity contribution in [3.63, 3.8) is 0 Å². The van der Waals surface area contributed by atoms with E-state index >= 15 is 0 Å². The molecule has 0 fully saturated rings. The van der Waals surface area contributed by atoms with E-state index in [0.717, 1.165) is 27.4 Å². The highest BCUT2D eigenvalue weighted by Gasteiger charge is 2.34. The van der Waals surface area contributed by atoms with E-state index in [1.54, 1.807) is 24.3 Å². The molecular weight excluding hydrogens is 566 g/mol. The molecule has 0 radical (unpaired) electrons. The van der Waals surface area contributed by atoms with Crippen LogP contribution in [0.1, 0.15) is 50.3 Å². The van der Waals surface area contributed by atoms with Gasteiger partial charge in [-0.15, -0.1) is 0 Å². The number of carbonyl (C=O) groups excluding carboxylic acids is 2. The summed E-state index contributed by atoms with van der Waals surface area (Å²) in [6.07, 6.45) is 1.09. The highest BCUT2D eigenvalue weighted by atomic mass is 32.2. The monoisotopic (exact) mass is 609 g/mol. The second-order valence-corrected chi connectivity index (χ2v) is 12.4. The van der Waals surface area contributed by atoms with Gasteiger partial charge in [-0.2, -0.15) is 0 Å². The predicted molar refractivity (Wildman–Crippen MR) is 169 cm³/mol. The van der Waals surface area contributed by atoms with Gasteiger partial charge in [-0.1, -0.05) is 55.8 Å². The molecule has 9 nitrogen and oxygen atoms in total. The maximum Gasteiger partial charge on any atom is 0.264 e. The van der Waals surface area contributed by atoms with Crippen molar-refractivity contribution >= 4 is 27.5 Å². The van der Waals surface area contributed by atoms with E-state index in [9.17, 15) is 18.0 Å². The Morgan fingerprint density at radius 2 is 1.53 bits per heavy atom. The number of methoxy groups -OCH3 is 2. The molecule has 1 N–H and O–H groups in total. The zero-order valence-electron chi connectivity index (χ0n) is 26.1. The second-order valence-electron chi connectivity index (χ2n) is 10.6. The third-order valence-electron chi connectivity index (χ3n) is 7.53. The Morgan fingerprint density at radius 3 is 2.12 bits per heavy atom. The van der Waals surface area contributed by atoms with Crippen molar-refractivity contribution in [2.24, 2.45) is 0 Å². The molecule has 232 valence electrons. The van der Waals surface area contributed by atoms with Gasteiger partial charge in [0.1, 0.15) is 12.6 Å². The standard InChI is InChI=1S/C33H43N3O6S/c1-8-25(5)34-33(38)29(9-2)35(21-26-13-11-10-12-24(26)4)32(37)22-36(27-16-14-23(3)15-17-27)43(39,40)28-18-19-30(41-6)31(20-28)42-7/h10-20,25,29H,8-9,21-22H2,1-7H3,(H,34,38)/t25-,29-/m0/s1. The van der Waals surface area contributed by atoms with Crippen LogP contribution in [0.25, 0.3) is 0 Å². The fourth-order valence-electron chi connectivity index (χ4n) is 4.68. The number of hydrogen-bond donors (Lipinski definition) is 1. The molecule has 2 amide bonds.